The van der Waals surface area contributed by atoms with Crippen LogP contribution in [0, 0.1) is 5.92 Å². The number of hydrogen-bond donors (Lipinski definition) is 6. The van der Waals surface area contributed by atoms with E-state index in [4.69, 9.17) is 4.74 Å². The Morgan fingerprint density at radius 3 is 2.47 bits per heavy atom. The first-order valence-corrected chi connectivity index (χ1v) is 14.2. The number of fused-ring (bicyclic) bond motifs is 2. The molecule has 0 saturated carbocycles. The molecule has 2 aromatic rings. The molecule has 0 aromatic heterocycles. The predicted molar refractivity (Wildman–Crippen MR) is 152 cm³/mol. The fourth-order valence-electron chi connectivity index (χ4n) is 5.42. The van der Waals surface area contributed by atoms with Crippen molar-refractivity contribution in [3.63, 3.8) is 0 Å². The number of nitrogens with one attached hydrogen (secondary N) is 4. The molecule has 5 atom stereocenters. The minimum absolute atomic E-state index is 0.107. The lowest BCUT2D eigenvalue weighted by molar-refractivity contribution is -0.406. The maximum atomic E-state index is 13.4. The van der Waals surface area contributed by atoms with Gasteiger partial charge < -0.3 is 46.7 Å². The minimum Gasteiger partial charge on any atom is -0.548 e. The SMILES string of the molecule is CC(C)C[C@H]([NH3+])C(=O)N[C@@H](CCOc1cc(O)cc2c1C(=O)N[C@@H]2C)C(=O)N[C@@H](CC1C(=O)Nc2ccccc21)C(=O)[O-]. The number of carboxylic acids is 1. The Morgan fingerprint density at radius 1 is 1.07 bits per heavy atom. The molecule has 0 aliphatic carbocycles. The Labute approximate surface area is 248 Å². The molecule has 0 radical (unpaired) electrons. The monoisotopic (exact) mass is 595 g/mol. The number of carbonyl (C=O) groups excluding carboxylic acids is 5. The Hall–Kier alpha value is -4.65. The topological polar surface area (TPSA) is 214 Å². The van der Waals surface area contributed by atoms with Crippen molar-refractivity contribution in [3.8, 4) is 11.5 Å². The standard InChI is InChI=1S/C30H37N5O8/c1-14(2)10-20(31)27(38)34-22(8-9-43-24-12-16(36)11-18-15(3)32-29(40)25(18)24)28(39)35-23(30(41)42)13-19-17-6-4-5-7-21(17)33-26(19)37/h4-7,11-12,14-15,19-20,22-23,36H,8-10,13,31H2,1-3H3,(H,32,40)(H,33,37)(H,34,38)(H,35,39)(H,41,42)/t15-,19?,20+,22+,23+/m1/s1. The molecule has 2 aromatic carbocycles. The molecule has 0 spiro atoms. The van der Waals surface area contributed by atoms with Crippen molar-refractivity contribution in [2.45, 2.75) is 70.1 Å². The van der Waals surface area contributed by atoms with Gasteiger partial charge in [0.05, 0.1) is 36.1 Å². The molecule has 4 amide bonds. The van der Waals surface area contributed by atoms with E-state index in [0.717, 1.165) is 0 Å². The van der Waals surface area contributed by atoms with Crippen LogP contribution in [0.25, 0.3) is 0 Å². The summed E-state index contributed by atoms with van der Waals surface area (Å²) in [5, 5.41) is 32.7. The Bertz CT molecular complexity index is 1430. The average Bonchev–Trinajstić information content (AvgIpc) is 3.40. The predicted octanol–water partition coefficient (Wildman–Crippen LogP) is -0.532. The highest BCUT2D eigenvalue weighted by atomic mass is 16.5. The number of phenols is 1. The maximum absolute atomic E-state index is 13.4. The third kappa shape index (κ3) is 7.23. The van der Waals surface area contributed by atoms with Crippen LogP contribution >= 0.6 is 0 Å². The second-order valence-electron chi connectivity index (χ2n) is 11.4. The number of hydrogen-bond acceptors (Lipinski definition) is 8. The van der Waals surface area contributed by atoms with Crippen molar-refractivity contribution >= 4 is 35.3 Å². The van der Waals surface area contributed by atoms with E-state index in [0.29, 0.717) is 23.2 Å². The second-order valence-corrected chi connectivity index (χ2v) is 11.4. The van der Waals surface area contributed by atoms with E-state index >= 15 is 0 Å². The molecule has 0 saturated heterocycles. The number of para-hydroxylation sites is 1. The van der Waals surface area contributed by atoms with Gasteiger partial charge in [-0.05, 0) is 42.5 Å². The molecule has 0 bridgehead atoms. The van der Waals surface area contributed by atoms with Crippen LogP contribution in [0.15, 0.2) is 36.4 Å². The largest absolute Gasteiger partial charge is 0.548 e. The molecule has 0 fully saturated rings. The molecule has 230 valence electrons. The van der Waals surface area contributed by atoms with Crippen LogP contribution in [0.1, 0.15) is 73.5 Å². The third-order valence-corrected chi connectivity index (χ3v) is 7.57. The number of carboxylic acid groups (broad SMARTS) is 1. The Balaban J connectivity index is 1.49. The van der Waals surface area contributed by atoms with Crippen molar-refractivity contribution in [2.75, 3.05) is 11.9 Å². The minimum atomic E-state index is -1.59. The van der Waals surface area contributed by atoms with E-state index in [1.54, 1.807) is 31.2 Å². The number of rotatable bonds is 13. The number of aliphatic carboxylic acids is 1. The molecule has 13 nitrogen and oxygen atoms in total. The van der Waals surface area contributed by atoms with Gasteiger partial charge in [-0.25, -0.2) is 0 Å². The number of carbonyl (C=O) groups is 5. The summed E-state index contributed by atoms with van der Waals surface area (Å²) in [7, 11) is 0. The molecule has 1 unspecified atom stereocenters. The first-order chi connectivity index (χ1) is 20.3. The summed E-state index contributed by atoms with van der Waals surface area (Å²) in [4.78, 5) is 63.4. The summed E-state index contributed by atoms with van der Waals surface area (Å²) in [5.41, 5.74) is 5.87. The molecule has 2 aliphatic rings. The van der Waals surface area contributed by atoms with E-state index in [1.165, 1.54) is 12.1 Å². The number of quaternary nitrogens is 1. The number of phenolic OH excluding ortho intramolecular Hbond substituents is 1. The number of aromatic hydroxyl groups is 1. The molecule has 2 aliphatic heterocycles. The van der Waals surface area contributed by atoms with Gasteiger partial charge in [0.15, 0.2) is 6.04 Å². The van der Waals surface area contributed by atoms with Crippen LogP contribution in [-0.2, 0) is 19.2 Å². The van der Waals surface area contributed by atoms with E-state index in [9.17, 15) is 34.2 Å². The molecule has 4 rings (SSSR count). The first-order valence-electron chi connectivity index (χ1n) is 14.2. The highest BCUT2D eigenvalue weighted by molar-refractivity contribution is 6.03. The van der Waals surface area contributed by atoms with Gasteiger partial charge in [-0.1, -0.05) is 32.0 Å². The van der Waals surface area contributed by atoms with Gasteiger partial charge in [-0.15, -0.1) is 0 Å². The summed E-state index contributed by atoms with van der Waals surface area (Å²) in [5.74, 6) is -4.35. The van der Waals surface area contributed by atoms with Crippen LogP contribution in [0.5, 0.6) is 11.5 Å². The van der Waals surface area contributed by atoms with Gasteiger partial charge in [-0.2, -0.15) is 0 Å². The summed E-state index contributed by atoms with van der Waals surface area (Å²) in [6.07, 6.45) is 0.0828. The normalized spacial score (nSPS) is 19.0. The lowest BCUT2D eigenvalue weighted by Crippen LogP contribution is -2.69. The van der Waals surface area contributed by atoms with E-state index in [-0.39, 0.29) is 54.4 Å². The Morgan fingerprint density at radius 2 is 1.77 bits per heavy atom. The first kappa shape index (κ1) is 31.3. The van der Waals surface area contributed by atoms with Gasteiger partial charge in [0.2, 0.25) is 11.8 Å². The van der Waals surface area contributed by atoms with Crippen LogP contribution < -0.4 is 36.8 Å². The van der Waals surface area contributed by atoms with Crippen LogP contribution in [-0.4, -0.2) is 59.4 Å². The lowest BCUT2D eigenvalue weighted by atomic mass is 9.93. The van der Waals surface area contributed by atoms with Crippen molar-refractivity contribution < 1.29 is 44.7 Å². The average molecular weight is 596 g/mol. The number of anilines is 1. The van der Waals surface area contributed by atoms with Gasteiger partial charge in [0.1, 0.15) is 17.5 Å². The zero-order valence-electron chi connectivity index (χ0n) is 24.3. The lowest BCUT2D eigenvalue weighted by Gasteiger charge is -2.26. The smallest absolute Gasteiger partial charge is 0.278 e. The van der Waals surface area contributed by atoms with Crippen LogP contribution in [0.3, 0.4) is 0 Å². The maximum Gasteiger partial charge on any atom is 0.278 e. The molecule has 43 heavy (non-hydrogen) atoms. The molecular weight excluding hydrogens is 558 g/mol. The second kappa shape index (κ2) is 13.1. The van der Waals surface area contributed by atoms with Gasteiger partial charge >= 0.3 is 0 Å². The Kier molecular flexibility index (Phi) is 9.54. The molecular formula is C30H37N5O8. The summed E-state index contributed by atoms with van der Waals surface area (Å²) >= 11 is 0. The molecule has 8 N–H and O–H groups in total. The molecule has 2 heterocycles. The van der Waals surface area contributed by atoms with E-state index < -0.39 is 47.7 Å². The van der Waals surface area contributed by atoms with Crippen molar-refractivity contribution in [3.05, 3.63) is 53.1 Å². The number of ether oxygens (including phenoxy) is 1. The fourth-order valence-corrected chi connectivity index (χ4v) is 5.42. The van der Waals surface area contributed by atoms with Crippen molar-refractivity contribution in [1.82, 2.24) is 16.0 Å². The highest BCUT2D eigenvalue weighted by Gasteiger charge is 2.35. The van der Waals surface area contributed by atoms with Crippen molar-refractivity contribution in [2.24, 2.45) is 5.92 Å². The van der Waals surface area contributed by atoms with Gasteiger partial charge in [0, 0.05) is 24.6 Å². The fraction of sp³-hybridized carbons (Fsp3) is 0.433. The van der Waals surface area contributed by atoms with Crippen molar-refractivity contribution in [1.29, 1.82) is 0 Å². The summed E-state index contributed by atoms with van der Waals surface area (Å²) < 4.78 is 5.80. The number of benzene rings is 2. The zero-order chi connectivity index (χ0) is 31.4. The zero-order valence-corrected chi connectivity index (χ0v) is 24.3. The quantitative estimate of drug-likeness (QED) is 0.177. The summed E-state index contributed by atoms with van der Waals surface area (Å²) in [6, 6.07) is 5.83. The highest BCUT2D eigenvalue weighted by Crippen LogP contribution is 2.36. The van der Waals surface area contributed by atoms with Crippen LogP contribution in [0.2, 0.25) is 0 Å². The third-order valence-electron chi connectivity index (χ3n) is 7.57. The van der Waals surface area contributed by atoms with Gasteiger partial charge in [0.25, 0.3) is 11.8 Å². The van der Waals surface area contributed by atoms with E-state index in [1.807, 2.05) is 13.8 Å². The van der Waals surface area contributed by atoms with Crippen LogP contribution in [0.4, 0.5) is 5.69 Å². The number of amides is 4. The molecule has 13 heteroatoms. The van der Waals surface area contributed by atoms with E-state index in [2.05, 4.69) is 27.0 Å². The summed E-state index contributed by atoms with van der Waals surface area (Å²) in [6.45, 7) is 5.44. The van der Waals surface area contributed by atoms with Gasteiger partial charge in [-0.3, -0.25) is 19.2 Å².